The van der Waals surface area contributed by atoms with Crippen LogP contribution in [0.2, 0.25) is 0 Å². The first-order chi connectivity index (χ1) is 5.11. The molecule has 1 aliphatic rings. The van der Waals surface area contributed by atoms with Crippen molar-refractivity contribution in [3.05, 3.63) is 12.2 Å². The lowest BCUT2D eigenvalue weighted by atomic mass is 10.3. The van der Waals surface area contributed by atoms with Gasteiger partial charge in [0.25, 0.3) is 0 Å². The van der Waals surface area contributed by atoms with Gasteiger partial charge < -0.3 is 10.0 Å². The molecule has 1 unspecified atom stereocenters. The largest absolute Gasteiger partial charge is 0.373 e. The van der Waals surface area contributed by atoms with Crippen LogP contribution in [-0.2, 0) is 4.79 Å². The summed E-state index contributed by atoms with van der Waals surface area (Å²) < 4.78 is 0. The molecule has 0 bridgehead atoms. The first kappa shape index (κ1) is 8.27. The van der Waals surface area contributed by atoms with Crippen molar-refractivity contribution in [1.29, 1.82) is 0 Å². The number of hydrogen-bond donors (Lipinski definition) is 1. The number of amides is 1. The summed E-state index contributed by atoms with van der Waals surface area (Å²) in [5, 5.41) is 9.27. The Balaban J connectivity index is 2.54. The van der Waals surface area contributed by atoms with Crippen LogP contribution < -0.4 is 0 Å². The van der Waals surface area contributed by atoms with Crippen LogP contribution in [0.3, 0.4) is 0 Å². The van der Waals surface area contributed by atoms with Crippen LogP contribution in [0.1, 0.15) is 19.8 Å². The summed E-state index contributed by atoms with van der Waals surface area (Å²) in [5.74, 6) is 0.0282. The van der Waals surface area contributed by atoms with E-state index in [2.05, 4.69) is 6.58 Å². The second kappa shape index (κ2) is 3.05. The fourth-order valence-electron chi connectivity index (χ4n) is 1.20. The maximum absolute atomic E-state index is 11.0. The van der Waals surface area contributed by atoms with Crippen molar-refractivity contribution < 1.29 is 9.90 Å². The highest BCUT2D eigenvalue weighted by molar-refractivity contribution is 5.78. The first-order valence-corrected chi connectivity index (χ1v) is 3.73. The Bertz CT molecular complexity index is 189. The Hall–Kier alpha value is -0.830. The minimum Gasteiger partial charge on any atom is -0.373 e. The number of carbonyl (C=O) groups excluding carboxylic acids is 1. The van der Waals surface area contributed by atoms with E-state index in [4.69, 9.17) is 0 Å². The van der Waals surface area contributed by atoms with E-state index in [1.807, 2.05) is 6.92 Å². The van der Waals surface area contributed by atoms with Crippen LogP contribution in [-0.4, -0.2) is 28.7 Å². The second-order valence-electron chi connectivity index (χ2n) is 3.00. The van der Waals surface area contributed by atoms with Crippen molar-refractivity contribution in [2.45, 2.75) is 26.0 Å². The van der Waals surface area contributed by atoms with Crippen molar-refractivity contribution in [3.8, 4) is 0 Å². The summed E-state index contributed by atoms with van der Waals surface area (Å²) >= 11 is 0. The molecular formula is C8H13NO2. The summed E-state index contributed by atoms with van der Waals surface area (Å²) in [6.07, 6.45) is 0.444. The molecule has 62 valence electrons. The highest BCUT2D eigenvalue weighted by atomic mass is 16.3. The number of aliphatic hydroxyl groups excluding tert-OH is 1. The molecule has 0 radical (unpaired) electrons. The topological polar surface area (TPSA) is 40.5 Å². The monoisotopic (exact) mass is 155 g/mol. The molecule has 0 aliphatic carbocycles. The number of rotatable bonds is 2. The van der Waals surface area contributed by atoms with E-state index < -0.39 is 6.23 Å². The van der Waals surface area contributed by atoms with E-state index in [-0.39, 0.29) is 5.91 Å². The maximum Gasteiger partial charge on any atom is 0.225 e. The predicted octanol–water partition coefficient (Wildman–Crippen LogP) is 0.503. The van der Waals surface area contributed by atoms with E-state index in [0.717, 1.165) is 5.57 Å². The Kier molecular flexibility index (Phi) is 2.29. The third-order valence-electron chi connectivity index (χ3n) is 1.74. The number of hydrogen-bond acceptors (Lipinski definition) is 2. The Labute approximate surface area is 66.3 Å². The SMILES string of the molecule is C=C(C)CN1C(=O)CCC1O. The smallest absolute Gasteiger partial charge is 0.225 e. The molecule has 1 saturated heterocycles. The Morgan fingerprint density at radius 3 is 2.91 bits per heavy atom. The molecule has 1 heterocycles. The standard InChI is InChI=1S/C8H13NO2/c1-6(2)5-9-7(10)3-4-8(9)11/h7,10H,1,3-5H2,2H3. The maximum atomic E-state index is 11.0. The van der Waals surface area contributed by atoms with Gasteiger partial charge in [0, 0.05) is 19.4 Å². The molecular weight excluding hydrogens is 142 g/mol. The van der Waals surface area contributed by atoms with E-state index in [1.165, 1.54) is 4.90 Å². The van der Waals surface area contributed by atoms with Gasteiger partial charge in [0.1, 0.15) is 6.23 Å². The van der Waals surface area contributed by atoms with Gasteiger partial charge in [-0.25, -0.2) is 0 Å². The summed E-state index contributed by atoms with van der Waals surface area (Å²) in [6, 6.07) is 0. The molecule has 1 aliphatic heterocycles. The quantitative estimate of drug-likeness (QED) is 0.590. The van der Waals surface area contributed by atoms with Crippen molar-refractivity contribution >= 4 is 5.91 Å². The van der Waals surface area contributed by atoms with Crippen molar-refractivity contribution in [3.63, 3.8) is 0 Å². The lowest BCUT2D eigenvalue weighted by Gasteiger charge is -2.19. The van der Waals surface area contributed by atoms with Gasteiger partial charge in [-0.2, -0.15) is 0 Å². The first-order valence-electron chi connectivity index (χ1n) is 3.73. The molecule has 0 aromatic heterocycles. The van der Waals surface area contributed by atoms with E-state index >= 15 is 0 Å². The van der Waals surface area contributed by atoms with E-state index in [9.17, 15) is 9.90 Å². The minimum atomic E-state index is -0.584. The molecule has 1 N–H and O–H groups in total. The summed E-state index contributed by atoms with van der Waals surface area (Å²) in [7, 11) is 0. The summed E-state index contributed by atoms with van der Waals surface area (Å²) in [6.45, 7) is 6.01. The third-order valence-corrected chi connectivity index (χ3v) is 1.74. The summed E-state index contributed by atoms with van der Waals surface area (Å²) in [4.78, 5) is 12.5. The molecule has 0 spiro atoms. The number of carbonyl (C=O) groups is 1. The number of nitrogens with zero attached hydrogens (tertiary/aromatic N) is 1. The van der Waals surface area contributed by atoms with Crippen LogP contribution in [0, 0.1) is 0 Å². The molecule has 0 aromatic rings. The number of aliphatic hydroxyl groups is 1. The molecule has 11 heavy (non-hydrogen) atoms. The molecule has 1 amide bonds. The molecule has 0 aromatic carbocycles. The van der Waals surface area contributed by atoms with Crippen LogP contribution in [0.15, 0.2) is 12.2 Å². The fraction of sp³-hybridized carbons (Fsp3) is 0.625. The predicted molar refractivity (Wildman–Crippen MR) is 41.8 cm³/mol. The lowest BCUT2D eigenvalue weighted by Crippen LogP contribution is -2.33. The van der Waals surface area contributed by atoms with Gasteiger partial charge in [-0.3, -0.25) is 4.79 Å². The van der Waals surface area contributed by atoms with Gasteiger partial charge in [-0.15, -0.1) is 0 Å². The highest BCUT2D eigenvalue weighted by Gasteiger charge is 2.28. The zero-order chi connectivity index (χ0) is 8.43. The molecule has 0 saturated carbocycles. The van der Waals surface area contributed by atoms with Gasteiger partial charge in [0.05, 0.1) is 0 Å². The van der Waals surface area contributed by atoms with Crippen LogP contribution in [0.4, 0.5) is 0 Å². The Morgan fingerprint density at radius 2 is 2.55 bits per heavy atom. The van der Waals surface area contributed by atoms with Crippen molar-refractivity contribution in [2.24, 2.45) is 0 Å². The molecule has 3 nitrogen and oxygen atoms in total. The second-order valence-corrected chi connectivity index (χ2v) is 3.00. The Morgan fingerprint density at radius 1 is 1.91 bits per heavy atom. The highest BCUT2D eigenvalue weighted by Crippen LogP contribution is 2.16. The third kappa shape index (κ3) is 1.80. The van der Waals surface area contributed by atoms with Crippen LogP contribution in [0.5, 0.6) is 0 Å². The molecule has 1 rings (SSSR count). The van der Waals surface area contributed by atoms with Gasteiger partial charge in [0.2, 0.25) is 5.91 Å². The van der Waals surface area contributed by atoms with Gasteiger partial charge in [0.15, 0.2) is 0 Å². The van der Waals surface area contributed by atoms with Gasteiger partial charge >= 0.3 is 0 Å². The van der Waals surface area contributed by atoms with Crippen molar-refractivity contribution in [1.82, 2.24) is 4.90 Å². The number of likely N-dealkylation sites (tertiary alicyclic amines) is 1. The lowest BCUT2D eigenvalue weighted by molar-refractivity contribution is -0.132. The molecule has 1 fully saturated rings. The van der Waals surface area contributed by atoms with Crippen LogP contribution >= 0.6 is 0 Å². The summed E-state index contributed by atoms with van der Waals surface area (Å²) in [5.41, 5.74) is 0.902. The van der Waals surface area contributed by atoms with Crippen molar-refractivity contribution in [2.75, 3.05) is 6.54 Å². The minimum absolute atomic E-state index is 0.0282. The van der Waals surface area contributed by atoms with Gasteiger partial charge in [-0.05, 0) is 6.92 Å². The van der Waals surface area contributed by atoms with Crippen LogP contribution in [0.25, 0.3) is 0 Å². The molecule has 3 heteroatoms. The normalized spacial score (nSPS) is 24.4. The van der Waals surface area contributed by atoms with E-state index in [1.54, 1.807) is 0 Å². The average molecular weight is 155 g/mol. The average Bonchev–Trinajstić information content (AvgIpc) is 2.18. The molecule has 1 atom stereocenters. The zero-order valence-electron chi connectivity index (χ0n) is 6.71. The van der Waals surface area contributed by atoms with Gasteiger partial charge in [-0.1, -0.05) is 12.2 Å². The zero-order valence-corrected chi connectivity index (χ0v) is 6.71. The van der Waals surface area contributed by atoms with E-state index in [0.29, 0.717) is 19.4 Å². The fourth-order valence-corrected chi connectivity index (χ4v) is 1.20.